The zero-order chi connectivity index (χ0) is 10.6. The molecule has 1 rings (SSSR count). The minimum atomic E-state index is -0.977. The Hall–Kier alpha value is -0.340. The summed E-state index contributed by atoms with van der Waals surface area (Å²) < 4.78 is 5.96. The molecule has 4 nitrogen and oxygen atoms in total. The van der Waals surface area contributed by atoms with Gasteiger partial charge in [-0.05, 0) is 34.1 Å². The number of carboxylic acids is 1. The summed E-state index contributed by atoms with van der Waals surface area (Å²) in [6.45, 7) is 0.755. The van der Waals surface area contributed by atoms with Crippen molar-refractivity contribution in [1.29, 1.82) is 0 Å². The van der Waals surface area contributed by atoms with Gasteiger partial charge in [-0.3, -0.25) is 0 Å². The summed E-state index contributed by atoms with van der Waals surface area (Å²) in [6, 6.07) is 4.60. The molecule has 0 saturated carbocycles. The van der Waals surface area contributed by atoms with E-state index in [2.05, 4.69) is 15.9 Å². The van der Waals surface area contributed by atoms with E-state index in [4.69, 9.17) is 15.6 Å². The Balaban J connectivity index is 0.00000196. The molecule has 0 aliphatic heterocycles. The smallest absolute Gasteiger partial charge is 0.335 e. The molecule has 0 aromatic heterocycles. The van der Waals surface area contributed by atoms with Gasteiger partial charge in [-0.15, -0.1) is 24.0 Å². The number of aromatic carboxylic acids is 1. The molecule has 0 radical (unpaired) electrons. The van der Waals surface area contributed by atoms with E-state index in [9.17, 15) is 4.79 Å². The van der Waals surface area contributed by atoms with E-state index in [1.807, 2.05) is 0 Å². The minimum Gasteiger partial charge on any atom is -0.491 e. The summed E-state index contributed by atoms with van der Waals surface area (Å²) in [5.41, 5.74) is 5.46. The van der Waals surface area contributed by atoms with Crippen LogP contribution in [0.3, 0.4) is 0 Å². The number of rotatable bonds is 4. The van der Waals surface area contributed by atoms with Gasteiger partial charge in [-0.2, -0.15) is 0 Å². The number of carboxylic acid groups (broad SMARTS) is 1. The lowest BCUT2D eigenvalue weighted by atomic mass is 10.2. The van der Waals surface area contributed by atoms with Crippen LogP contribution in [-0.2, 0) is 0 Å². The van der Waals surface area contributed by atoms with Gasteiger partial charge in [0.25, 0.3) is 0 Å². The summed E-state index contributed by atoms with van der Waals surface area (Å²) in [5.74, 6) is -0.481. The van der Waals surface area contributed by atoms with E-state index < -0.39 is 5.97 Å². The molecule has 0 fully saturated rings. The van der Waals surface area contributed by atoms with Crippen LogP contribution in [0.2, 0.25) is 0 Å². The van der Waals surface area contributed by atoms with Crippen molar-refractivity contribution in [3.05, 3.63) is 28.2 Å². The normalized spacial score (nSPS) is 9.20. The third kappa shape index (κ3) is 4.35. The predicted molar refractivity (Wildman–Crippen MR) is 71.1 cm³/mol. The highest BCUT2D eigenvalue weighted by Crippen LogP contribution is 2.25. The molecule has 0 bridgehead atoms. The van der Waals surface area contributed by atoms with Crippen LogP contribution in [0.25, 0.3) is 0 Å². The first-order chi connectivity index (χ1) is 6.65. The fourth-order valence-electron chi connectivity index (χ4n) is 0.916. The fraction of sp³-hybridized carbons (Fsp3) is 0.222. The molecule has 84 valence electrons. The van der Waals surface area contributed by atoms with Gasteiger partial charge in [0.2, 0.25) is 0 Å². The average Bonchev–Trinajstić information content (AvgIpc) is 2.16. The first-order valence-corrected chi connectivity index (χ1v) is 4.80. The van der Waals surface area contributed by atoms with E-state index in [1.165, 1.54) is 12.1 Å². The quantitative estimate of drug-likeness (QED) is 0.776. The maximum absolute atomic E-state index is 10.6. The van der Waals surface area contributed by atoms with E-state index >= 15 is 0 Å². The van der Waals surface area contributed by atoms with E-state index in [0.29, 0.717) is 18.9 Å². The summed E-state index contributed by atoms with van der Waals surface area (Å²) >= 11 is 3.25. The van der Waals surface area contributed by atoms with E-state index in [-0.39, 0.29) is 29.5 Å². The molecule has 3 N–H and O–H groups in total. The molecule has 0 heterocycles. The summed E-state index contributed by atoms with van der Waals surface area (Å²) in [4.78, 5) is 10.6. The Bertz CT molecular complexity index is 346. The SMILES string of the molecule is I.NCCOc1cc(C(=O)O)ccc1Br. The zero-order valence-corrected chi connectivity index (χ0v) is 11.7. The van der Waals surface area contributed by atoms with Gasteiger partial charge in [0.1, 0.15) is 12.4 Å². The minimum absolute atomic E-state index is 0. The standard InChI is InChI=1S/C9H10BrNO3.HI/c10-7-2-1-6(9(12)13)5-8(7)14-4-3-11;/h1-2,5H,3-4,11H2,(H,12,13);1H. The van der Waals surface area contributed by atoms with Crippen molar-refractivity contribution in [3.8, 4) is 5.75 Å². The molecule has 0 unspecified atom stereocenters. The monoisotopic (exact) mass is 387 g/mol. The van der Waals surface area contributed by atoms with Crippen molar-refractivity contribution in [3.63, 3.8) is 0 Å². The van der Waals surface area contributed by atoms with E-state index in [1.54, 1.807) is 6.07 Å². The second kappa shape index (κ2) is 7.02. The van der Waals surface area contributed by atoms with Crippen LogP contribution < -0.4 is 10.5 Å². The lowest BCUT2D eigenvalue weighted by Crippen LogP contribution is -2.11. The number of hydrogen-bond donors (Lipinski definition) is 2. The highest BCUT2D eigenvalue weighted by molar-refractivity contribution is 14.0. The highest BCUT2D eigenvalue weighted by atomic mass is 127. The predicted octanol–water partition coefficient (Wildman–Crippen LogP) is 2.10. The fourth-order valence-corrected chi connectivity index (χ4v) is 1.28. The van der Waals surface area contributed by atoms with Gasteiger partial charge in [0.15, 0.2) is 0 Å². The zero-order valence-electron chi connectivity index (χ0n) is 7.77. The van der Waals surface area contributed by atoms with Gasteiger partial charge in [0.05, 0.1) is 10.0 Å². The number of benzene rings is 1. The van der Waals surface area contributed by atoms with Gasteiger partial charge < -0.3 is 15.6 Å². The van der Waals surface area contributed by atoms with Crippen molar-refractivity contribution in [1.82, 2.24) is 0 Å². The van der Waals surface area contributed by atoms with Crippen LogP contribution in [-0.4, -0.2) is 24.2 Å². The summed E-state index contributed by atoms with van der Waals surface area (Å²) in [7, 11) is 0. The van der Waals surface area contributed by atoms with Crippen molar-refractivity contribution < 1.29 is 14.6 Å². The van der Waals surface area contributed by atoms with Crippen LogP contribution in [0.5, 0.6) is 5.75 Å². The van der Waals surface area contributed by atoms with Crippen LogP contribution >= 0.6 is 39.9 Å². The van der Waals surface area contributed by atoms with Crippen LogP contribution in [0, 0.1) is 0 Å². The topological polar surface area (TPSA) is 72.5 Å². The van der Waals surface area contributed by atoms with Crippen LogP contribution in [0.4, 0.5) is 0 Å². The number of carbonyl (C=O) groups is 1. The molecule has 6 heteroatoms. The second-order valence-corrected chi connectivity index (χ2v) is 3.44. The highest BCUT2D eigenvalue weighted by Gasteiger charge is 2.07. The number of ether oxygens (including phenoxy) is 1. The molecular formula is C9H11BrINO3. The first-order valence-electron chi connectivity index (χ1n) is 4.01. The van der Waals surface area contributed by atoms with Crippen LogP contribution in [0.1, 0.15) is 10.4 Å². The maximum Gasteiger partial charge on any atom is 0.335 e. The van der Waals surface area contributed by atoms with Crippen molar-refractivity contribution in [2.75, 3.05) is 13.2 Å². The number of halogens is 2. The van der Waals surface area contributed by atoms with Crippen LogP contribution in [0.15, 0.2) is 22.7 Å². The van der Waals surface area contributed by atoms with Crippen molar-refractivity contribution in [2.45, 2.75) is 0 Å². The lowest BCUT2D eigenvalue weighted by molar-refractivity contribution is 0.0696. The molecule has 0 aliphatic rings. The van der Waals surface area contributed by atoms with Gasteiger partial charge >= 0.3 is 5.97 Å². The summed E-state index contributed by atoms with van der Waals surface area (Å²) in [5, 5.41) is 8.73. The Kier molecular flexibility index (Phi) is 6.86. The van der Waals surface area contributed by atoms with Gasteiger partial charge in [-0.1, -0.05) is 0 Å². The molecule has 0 amide bonds. The molecule has 0 spiro atoms. The Morgan fingerprint density at radius 3 is 2.73 bits per heavy atom. The molecule has 1 aromatic carbocycles. The Morgan fingerprint density at radius 2 is 2.20 bits per heavy atom. The number of hydrogen-bond acceptors (Lipinski definition) is 3. The third-order valence-corrected chi connectivity index (χ3v) is 2.21. The van der Waals surface area contributed by atoms with Crippen molar-refractivity contribution in [2.24, 2.45) is 5.73 Å². The largest absolute Gasteiger partial charge is 0.491 e. The molecular weight excluding hydrogens is 377 g/mol. The molecule has 0 saturated heterocycles. The van der Waals surface area contributed by atoms with E-state index in [0.717, 1.165) is 4.47 Å². The molecule has 0 atom stereocenters. The summed E-state index contributed by atoms with van der Waals surface area (Å²) in [6.07, 6.45) is 0. The van der Waals surface area contributed by atoms with Gasteiger partial charge in [0, 0.05) is 6.54 Å². The Labute approximate surface area is 113 Å². The third-order valence-electron chi connectivity index (χ3n) is 1.55. The van der Waals surface area contributed by atoms with Crippen molar-refractivity contribution >= 4 is 45.9 Å². The second-order valence-electron chi connectivity index (χ2n) is 2.59. The molecule has 0 aliphatic carbocycles. The maximum atomic E-state index is 10.6. The average molecular weight is 388 g/mol. The van der Waals surface area contributed by atoms with Gasteiger partial charge in [-0.25, -0.2) is 4.79 Å². The molecule has 15 heavy (non-hydrogen) atoms. The first kappa shape index (κ1) is 14.7. The Morgan fingerprint density at radius 1 is 1.53 bits per heavy atom. The molecule has 1 aromatic rings. The number of nitrogens with two attached hydrogens (primary N) is 1. The lowest BCUT2D eigenvalue weighted by Gasteiger charge is -2.07.